The van der Waals surface area contributed by atoms with E-state index in [1.165, 1.54) is 35.1 Å². The second-order valence-corrected chi connectivity index (χ2v) is 6.85. The number of thioether (sulfide) groups is 1. The molecule has 26 heavy (non-hydrogen) atoms. The van der Waals surface area contributed by atoms with Crippen LogP contribution >= 0.6 is 11.8 Å². The molecule has 3 rings (SSSR count). The molecule has 2 aromatic rings. The van der Waals surface area contributed by atoms with Gasteiger partial charge in [0.2, 0.25) is 5.91 Å². The van der Waals surface area contributed by atoms with Gasteiger partial charge < -0.3 is 14.2 Å². The molecule has 0 radical (unpaired) electrons. The van der Waals surface area contributed by atoms with E-state index in [0.717, 1.165) is 6.07 Å². The first-order valence-corrected chi connectivity index (χ1v) is 9.25. The van der Waals surface area contributed by atoms with Gasteiger partial charge in [-0.05, 0) is 25.1 Å². The lowest BCUT2D eigenvalue weighted by Crippen LogP contribution is -2.40. The molecule has 1 aliphatic heterocycles. The number of benzene rings is 1. The Labute approximate surface area is 153 Å². The Kier molecular flexibility index (Phi) is 5.61. The molecular formula is C18H18F2N2O3S. The lowest BCUT2D eigenvalue weighted by molar-refractivity contribution is -0.128. The van der Waals surface area contributed by atoms with E-state index in [9.17, 15) is 18.4 Å². The van der Waals surface area contributed by atoms with Crippen LogP contribution in [0.5, 0.6) is 0 Å². The van der Waals surface area contributed by atoms with Crippen LogP contribution in [0.3, 0.4) is 0 Å². The highest BCUT2D eigenvalue weighted by molar-refractivity contribution is 8.00. The van der Waals surface area contributed by atoms with Gasteiger partial charge in [0, 0.05) is 31.3 Å². The second kappa shape index (κ2) is 7.90. The van der Waals surface area contributed by atoms with Crippen molar-refractivity contribution in [1.29, 1.82) is 0 Å². The largest absolute Gasteiger partial charge is 0.459 e. The summed E-state index contributed by atoms with van der Waals surface area (Å²) in [4.78, 5) is 27.7. The lowest BCUT2D eigenvalue weighted by Gasteiger charge is -2.28. The van der Waals surface area contributed by atoms with Crippen molar-refractivity contribution >= 4 is 23.6 Å². The van der Waals surface area contributed by atoms with E-state index in [1.807, 2.05) is 6.92 Å². The molecule has 1 saturated heterocycles. The fourth-order valence-corrected chi connectivity index (χ4v) is 4.08. The van der Waals surface area contributed by atoms with Gasteiger partial charge in [0.1, 0.15) is 17.0 Å². The molecule has 1 aromatic carbocycles. The Morgan fingerprint density at radius 1 is 1.38 bits per heavy atom. The molecule has 0 bridgehead atoms. The molecule has 0 saturated carbocycles. The highest BCUT2D eigenvalue weighted by atomic mass is 32.2. The number of hydrogen-bond donors (Lipinski definition) is 0. The number of furan rings is 1. The highest BCUT2D eigenvalue weighted by Crippen LogP contribution is 2.39. The molecule has 8 heteroatoms. The van der Waals surface area contributed by atoms with Gasteiger partial charge in [0.25, 0.3) is 5.91 Å². The fourth-order valence-electron chi connectivity index (χ4n) is 2.84. The molecule has 0 unspecified atom stereocenters. The minimum Gasteiger partial charge on any atom is -0.459 e. The maximum atomic E-state index is 14.1. The van der Waals surface area contributed by atoms with Crippen LogP contribution in [0, 0.1) is 11.6 Å². The minimum absolute atomic E-state index is 0.134. The predicted octanol–water partition coefficient (Wildman–Crippen LogP) is 3.29. The predicted molar refractivity (Wildman–Crippen MR) is 93.6 cm³/mol. The molecule has 5 nitrogen and oxygen atoms in total. The molecule has 1 atom stereocenters. The summed E-state index contributed by atoms with van der Waals surface area (Å²) in [5.74, 6) is -1.28. The van der Waals surface area contributed by atoms with Gasteiger partial charge >= 0.3 is 0 Å². The van der Waals surface area contributed by atoms with Gasteiger partial charge in [-0.25, -0.2) is 8.78 Å². The zero-order chi connectivity index (χ0) is 18.7. The standard InChI is InChI=1S/C18H18F2N2O3S/c1-2-21(17(24)15-4-3-9-25-15)7-8-22-16(23)11-26-18(22)13-6-5-12(19)10-14(13)20/h3-6,9-10,18H,2,7-8,11H2,1H3/t18-/m1/s1. The molecule has 1 aromatic heterocycles. The van der Waals surface area contributed by atoms with E-state index in [2.05, 4.69) is 0 Å². The third-order valence-electron chi connectivity index (χ3n) is 4.21. The zero-order valence-corrected chi connectivity index (χ0v) is 15.0. The van der Waals surface area contributed by atoms with Crippen molar-refractivity contribution in [1.82, 2.24) is 9.80 Å². The van der Waals surface area contributed by atoms with Crippen molar-refractivity contribution in [3.8, 4) is 0 Å². The molecule has 2 amide bonds. The number of halogens is 2. The second-order valence-electron chi connectivity index (χ2n) is 5.78. The Morgan fingerprint density at radius 3 is 2.85 bits per heavy atom. The molecule has 0 N–H and O–H groups in total. The third-order valence-corrected chi connectivity index (χ3v) is 5.45. The molecule has 2 heterocycles. The number of carbonyl (C=O) groups excluding carboxylic acids is 2. The van der Waals surface area contributed by atoms with Crippen LogP contribution in [0.25, 0.3) is 0 Å². The molecule has 1 fully saturated rings. The third kappa shape index (κ3) is 3.75. The van der Waals surface area contributed by atoms with E-state index < -0.39 is 17.0 Å². The van der Waals surface area contributed by atoms with Crippen LogP contribution in [0.15, 0.2) is 41.0 Å². The summed E-state index contributed by atoms with van der Waals surface area (Å²) < 4.78 is 32.4. The Balaban J connectivity index is 1.72. The van der Waals surface area contributed by atoms with Crippen LogP contribution in [-0.4, -0.2) is 47.0 Å². The van der Waals surface area contributed by atoms with Crippen molar-refractivity contribution in [2.45, 2.75) is 12.3 Å². The summed E-state index contributed by atoms with van der Waals surface area (Å²) in [6, 6.07) is 6.57. The Bertz CT molecular complexity index is 798. The van der Waals surface area contributed by atoms with Crippen LogP contribution in [0.4, 0.5) is 8.78 Å². The average Bonchev–Trinajstić information content (AvgIpc) is 3.26. The summed E-state index contributed by atoms with van der Waals surface area (Å²) in [7, 11) is 0. The van der Waals surface area contributed by atoms with Gasteiger partial charge in [-0.3, -0.25) is 9.59 Å². The number of hydrogen-bond acceptors (Lipinski definition) is 4. The number of rotatable bonds is 6. The van der Waals surface area contributed by atoms with Crippen molar-refractivity contribution in [3.05, 3.63) is 59.6 Å². The summed E-state index contributed by atoms with van der Waals surface area (Å²) >= 11 is 1.29. The summed E-state index contributed by atoms with van der Waals surface area (Å²) in [5, 5.41) is -0.527. The first kappa shape index (κ1) is 18.4. The first-order valence-electron chi connectivity index (χ1n) is 8.20. The monoisotopic (exact) mass is 380 g/mol. The number of amides is 2. The smallest absolute Gasteiger partial charge is 0.289 e. The van der Waals surface area contributed by atoms with E-state index >= 15 is 0 Å². The average molecular weight is 380 g/mol. The van der Waals surface area contributed by atoms with Crippen LogP contribution in [-0.2, 0) is 4.79 Å². The molecule has 138 valence electrons. The SMILES string of the molecule is CCN(CCN1C(=O)CS[C@@H]1c1ccc(F)cc1F)C(=O)c1ccco1. The van der Waals surface area contributed by atoms with Crippen LogP contribution in [0.1, 0.15) is 28.4 Å². The van der Waals surface area contributed by atoms with Gasteiger partial charge in [0.05, 0.1) is 12.0 Å². The number of carbonyl (C=O) groups is 2. The van der Waals surface area contributed by atoms with Crippen molar-refractivity contribution in [2.24, 2.45) is 0 Å². The van der Waals surface area contributed by atoms with Gasteiger partial charge in [-0.2, -0.15) is 0 Å². The Morgan fingerprint density at radius 2 is 2.19 bits per heavy atom. The van der Waals surface area contributed by atoms with E-state index in [4.69, 9.17) is 4.42 Å². The molecular weight excluding hydrogens is 362 g/mol. The van der Waals surface area contributed by atoms with Crippen LogP contribution < -0.4 is 0 Å². The van der Waals surface area contributed by atoms with Gasteiger partial charge in [0.15, 0.2) is 5.76 Å². The fraction of sp³-hybridized carbons (Fsp3) is 0.333. The van der Waals surface area contributed by atoms with Crippen molar-refractivity contribution in [2.75, 3.05) is 25.4 Å². The van der Waals surface area contributed by atoms with Crippen molar-refractivity contribution in [3.63, 3.8) is 0 Å². The summed E-state index contributed by atoms with van der Waals surface area (Å²) in [6.07, 6.45) is 1.43. The molecule has 0 spiro atoms. The number of nitrogens with zero attached hydrogens (tertiary/aromatic N) is 2. The topological polar surface area (TPSA) is 53.8 Å². The maximum Gasteiger partial charge on any atom is 0.289 e. The van der Waals surface area contributed by atoms with Gasteiger partial charge in [-0.15, -0.1) is 11.8 Å². The van der Waals surface area contributed by atoms with E-state index in [-0.39, 0.29) is 35.4 Å². The minimum atomic E-state index is -0.679. The van der Waals surface area contributed by atoms with E-state index in [0.29, 0.717) is 13.1 Å². The normalized spacial score (nSPS) is 17.0. The highest BCUT2D eigenvalue weighted by Gasteiger charge is 2.34. The lowest BCUT2D eigenvalue weighted by atomic mass is 10.2. The summed E-state index contributed by atoms with van der Waals surface area (Å²) in [5.41, 5.74) is 0.266. The zero-order valence-electron chi connectivity index (χ0n) is 14.2. The summed E-state index contributed by atoms with van der Waals surface area (Å²) in [6.45, 7) is 2.83. The maximum absolute atomic E-state index is 14.1. The van der Waals surface area contributed by atoms with Gasteiger partial charge in [-0.1, -0.05) is 6.07 Å². The Hall–Kier alpha value is -2.35. The first-order chi connectivity index (χ1) is 12.5. The van der Waals surface area contributed by atoms with E-state index in [1.54, 1.807) is 17.0 Å². The molecule has 1 aliphatic rings. The molecule has 0 aliphatic carbocycles. The number of likely N-dealkylation sites (N-methyl/N-ethyl adjacent to an activating group) is 1. The van der Waals surface area contributed by atoms with Crippen molar-refractivity contribution < 1.29 is 22.8 Å². The quantitative estimate of drug-likeness (QED) is 0.772. The van der Waals surface area contributed by atoms with Crippen LogP contribution in [0.2, 0.25) is 0 Å².